The van der Waals surface area contributed by atoms with Gasteiger partial charge in [-0.3, -0.25) is 4.40 Å². The van der Waals surface area contributed by atoms with Crippen molar-refractivity contribution in [3.63, 3.8) is 0 Å². The van der Waals surface area contributed by atoms with Crippen molar-refractivity contribution in [2.45, 2.75) is 48.8 Å². The smallest absolute Gasteiger partial charge is 0.291 e. The van der Waals surface area contributed by atoms with Crippen molar-refractivity contribution >= 4 is 32.6 Å². The first kappa shape index (κ1) is 23.5. The summed E-state index contributed by atoms with van der Waals surface area (Å²) in [6.07, 6.45) is 1.75. The van der Waals surface area contributed by atoms with E-state index in [0.29, 0.717) is 24.3 Å². The van der Waals surface area contributed by atoms with Crippen molar-refractivity contribution in [3.8, 4) is 10.8 Å². The van der Waals surface area contributed by atoms with E-state index in [0.717, 1.165) is 24.2 Å². The maximum atomic E-state index is 13.3. The van der Waals surface area contributed by atoms with Gasteiger partial charge in [-0.15, -0.1) is 10.2 Å². The minimum absolute atomic E-state index is 0.0490. The van der Waals surface area contributed by atoms with Crippen molar-refractivity contribution in [2.75, 3.05) is 32.1 Å². The fourth-order valence-electron chi connectivity index (χ4n) is 4.19. The second-order valence-electron chi connectivity index (χ2n) is 8.88. The molecule has 0 aromatic carbocycles. The third kappa shape index (κ3) is 4.17. The number of rotatable bonds is 8. The molecular formula is C20H25F2N7O3S2. The summed E-state index contributed by atoms with van der Waals surface area (Å²) in [4.78, 5) is 6.49. The summed E-state index contributed by atoms with van der Waals surface area (Å²) in [5.41, 5.74) is 0.830. The molecule has 0 spiro atoms. The van der Waals surface area contributed by atoms with E-state index in [1.165, 1.54) is 6.20 Å². The molecule has 0 amide bonds. The number of ether oxygens (including phenoxy) is 1. The molecule has 1 saturated heterocycles. The van der Waals surface area contributed by atoms with E-state index in [2.05, 4.69) is 25.2 Å². The van der Waals surface area contributed by atoms with Crippen LogP contribution in [0.1, 0.15) is 31.2 Å². The summed E-state index contributed by atoms with van der Waals surface area (Å²) < 4.78 is 62.7. The van der Waals surface area contributed by atoms with Crippen LogP contribution in [0.15, 0.2) is 23.4 Å². The van der Waals surface area contributed by atoms with Crippen LogP contribution >= 0.6 is 11.3 Å². The first-order valence-electron chi connectivity index (χ1n) is 10.8. The summed E-state index contributed by atoms with van der Waals surface area (Å²) in [5, 5.41) is 10.4. The highest BCUT2D eigenvalue weighted by molar-refractivity contribution is 7.89. The maximum absolute atomic E-state index is 13.3. The number of pyridine rings is 1. The van der Waals surface area contributed by atoms with Gasteiger partial charge in [0.15, 0.2) is 15.8 Å². The van der Waals surface area contributed by atoms with Crippen LogP contribution < -0.4 is 14.9 Å². The summed E-state index contributed by atoms with van der Waals surface area (Å²) >= 11 is 0.729. The molecule has 10 nitrogen and oxygen atoms in total. The van der Waals surface area contributed by atoms with Crippen LogP contribution in [0.4, 0.5) is 14.5 Å². The Morgan fingerprint density at radius 2 is 2.06 bits per heavy atom. The fraction of sp³-hybridized carbons (Fsp3) is 0.550. The zero-order chi connectivity index (χ0) is 24.3. The quantitative estimate of drug-likeness (QED) is 0.471. The van der Waals surface area contributed by atoms with Crippen molar-refractivity contribution in [3.05, 3.63) is 23.5 Å². The maximum Gasteiger partial charge on any atom is 0.291 e. The van der Waals surface area contributed by atoms with Crippen LogP contribution in [0, 0.1) is 0 Å². The summed E-state index contributed by atoms with van der Waals surface area (Å²) in [6, 6.07) is 1.68. The molecule has 184 valence electrons. The lowest BCUT2D eigenvalue weighted by molar-refractivity contribution is 0.0996. The Hall–Kier alpha value is -2.26. The predicted molar refractivity (Wildman–Crippen MR) is 123 cm³/mol. The number of fused-ring (bicyclic) bond motifs is 1. The van der Waals surface area contributed by atoms with Gasteiger partial charge in [0.1, 0.15) is 4.90 Å². The predicted octanol–water partition coefficient (Wildman–Crippen LogP) is 2.04. The van der Waals surface area contributed by atoms with Gasteiger partial charge >= 0.3 is 0 Å². The standard InChI is InChI=1S/C20H25F2N7O3S2/c1-20(4-5-20)27-34(30,31)11-6-13(28-9-12(23-2)15(10-28)32-3)14-7-24-17(29(14)8-11)19-26-25-18(33-19)16(21)22/h6-8,12,15-16,23,27H,4-5,9-10H2,1-3H3. The number of nitrogens with one attached hydrogen (secondary N) is 2. The molecule has 3 aromatic heterocycles. The second-order valence-corrected chi connectivity index (χ2v) is 11.6. The molecule has 5 rings (SSSR count). The van der Waals surface area contributed by atoms with Crippen LogP contribution in [0.3, 0.4) is 0 Å². The molecular weight excluding hydrogens is 488 g/mol. The lowest BCUT2D eigenvalue weighted by Gasteiger charge is -2.21. The van der Waals surface area contributed by atoms with Crippen LogP contribution in [-0.4, -0.2) is 72.9 Å². The molecule has 1 aliphatic heterocycles. The zero-order valence-electron chi connectivity index (χ0n) is 18.8. The van der Waals surface area contributed by atoms with E-state index >= 15 is 0 Å². The summed E-state index contributed by atoms with van der Waals surface area (Å²) in [5.74, 6) is 0.253. The van der Waals surface area contributed by atoms with Crippen LogP contribution in [0.5, 0.6) is 0 Å². The van der Waals surface area contributed by atoms with Crippen molar-refractivity contribution in [1.82, 2.24) is 29.6 Å². The molecule has 4 heterocycles. The monoisotopic (exact) mass is 513 g/mol. The van der Waals surface area contributed by atoms with Gasteiger partial charge in [-0.2, -0.15) is 0 Å². The number of nitrogens with zero attached hydrogens (tertiary/aromatic N) is 5. The lowest BCUT2D eigenvalue weighted by Crippen LogP contribution is -2.37. The minimum Gasteiger partial charge on any atom is -0.378 e. The molecule has 34 heavy (non-hydrogen) atoms. The SMILES string of the molecule is CNC1CN(c2cc(S(=O)(=O)NC3(C)CC3)cn3c(-c4nnc(C(F)F)s4)ncc23)CC1OC. The largest absolute Gasteiger partial charge is 0.378 e. The van der Waals surface area contributed by atoms with E-state index in [4.69, 9.17) is 4.74 Å². The van der Waals surface area contributed by atoms with Gasteiger partial charge in [0.2, 0.25) is 10.0 Å². The van der Waals surface area contributed by atoms with Crippen molar-refractivity contribution in [1.29, 1.82) is 0 Å². The van der Waals surface area contributed by atoms with Gasteiger partial charge < -0.3 is 15.0 Å². The van der Waals surface area contributed by atoms with Gasteiger partial charge in [0, 0.05) is 31.9 Å². The molecule has 2 unspecified atom stereocenters. The number of likely N-dealkylation sites (N-methyl/N-ethyl adjacent to an activating group) is 1. The van der Waals surface area contributed by atoms with Gasteiger partial charge in [-0.25, -0.2) is 26.9 Å². The highest BCUT2D eigenvalue weighted by atomic mass is 32.2. The molecule has 0 radical (unpaired) electrons. The zero-order valence-corrected chi connectivity index (χ0v) is 20.5. The molecule has 2 N–H and O–H groups in total. The number of hydrogen-bond acceptors (Lipinski definition) is 9. The van der Waals surface area contributed by atoms with E-state index in [9.17, 15) is 17.2 Å². The first-order valence-corrected chi connectivity index (χ1v) is 13.1. The number of imidazole rings is 1. The number of alkyl halides is 2. The first-order chi connectivity index (χ1) is 16.1. The third-order valence-electron chi connectivity index (χ3n) is 6.38. The highest BCUT2D eigenvalue weighted by Gasteiger charge is 2.42. The Balaban J connectivity index is 1.65. The Bertz CT molecular complexity index is 1310. The highest BCUT2D eigenvalue weighted by Crippen LogP contribution is 2.38. The average molecular weight is 514 g/mol. The lowest BCUT2D eigenvalue weighted by atomic mass is 10.2. The van der Waals surface area contributed by atoms with Crippen LogP contribution in [-0.2, 0) is 14.8 Å². The average Bonchev–Trinajstić information content (AvgIpc) is 3.24. The van der Waals surface area contributed by atoms with E-state index in [1.807, 2.05) is 18.9 Å². The van der Waals surface area contributed by atoms with Gasteiger partial charge in [-0.1, -0.05) is 11.3 Å². The van der Waals surface area contributed by atoms with Gasteiger partial charge in [0.25, 0.3) is 6.43 Å². The van der Waals surface area contributed by atoms with E-state index in [1.54, 1.807) is 23.8 Å². The van der Waals surface area contributed by atoms with Crippen LogP contribution in [0.2, 0.25) is 0 Å². The molecule has 2 fully saturated rings. The number of anilines is 1. The molecule has 2 aliphatic rings. The molecule has 1 aliphatic carbocycles. The summed E-state index contributed by atoms with van der Waals surface area (Å²) in [6.45, 7) is 3.00. The third-order valence-corrected chi connectivity index (χ3v) is 8.92. The van der Waals surface area contributed by atoms with Gasteiger partial charge in [-0.05, 0) is 32.9 Å². The van der Waals surface area contributed by atoms with Gasteiger partial charge in [0.05, 0.1) is 29.5 Å². The Labute approximate surface area is 199 Å². The number of hydrogen-bond donors (Lipinski definition) is 2. The molecule has 1 saturated carbocycles. The Morgan fingerprint density at radius 1 is 1.29 bits per heavy atom. The van der Waals surface area contributed by atoms with E-state index in [-0.39, 0.29) is 27.9 Å². The molecule has 3 aromatic rings. The summed E-state index contributed by atoms with van der Waals surface area (Å²) in [7, 11) is -0.355. The molecule has 2 atom stereocenters. The number of sulfonamides is 1. The molecule has 0 bridgehead atoms. The topological polar surface area (TPSA) is 114 Å². The van der Waals surface area contributed by atoms with E-state index < -0.39 is 27.0 Å². The fourth-order valence-corrected chi connectivity index (χ4v) is 6.36. The normalized spacial score (nSPS) is 22.2. The second kappa shape index (κ2) is 8.45. The van der Waals surface area contributed by atoms with Crippen molar-refractivity contribution in [2.24, 2.45) is 0 Å². The molecule has 14 heteroatoms. The van der Waals surface area contributed by atoms with Crippen molar-refractivity contribution < 1.29 is 21.9 Å². The number of methoxy groups -OCH3 is 1. The van der Waals surface area contributed by atoms with Crippen LogP contribution in [0.25, 0.3) is 16.3 Å². The Morgan fingerprint density at radius 3 is 2.65 bits per heavy atom. The number of halogens is 2. The Kier molecular flexibility index (Phi) is 5.83. The minimum atomic E-state index is -3.85. The number of aromatic nitrogens is 4.